The average molecular weight is 392 g/mol. The van der Waals surface area contributed by atoms with Crippen LogP contribution in [0, 0.1) is 5.41 Å². The van der Waals surface area contributed by atoms with Crippen LogP contribution in [0.3, 0.4) is 0 Å². The number of amides is 1. The summed E-state index contributed by atoms with van der Waals surface area (Å²) in [6, 6.07) is 15.1. The van der Waals surface area contributed by atoms with Gasteiger partial charge in [-0.15, -0.1) is 0 Å². The highest BCUT2D eigenvalue weighted by molar-refractivity contribution is 6.01. The van der Waals surface area contributed by atoms with Crippen LogP contribution in [0.4, 0.5) is 0 Å². The third-order valence-electron chi connectivity index (χ3n) is 4.72. The fourth-order valence-electron chi connectivity index (χ4n) is 3.28. The first kappa shape index (κ1) is 20.3. The van der Waals surface area contributed by atoms with Gasteiger partial charge in [0.25, 0.3) is 0 Å². The van der Waals surface area contributed by atoms with E-state index in [9.17, 15) is 9.59 Å². The van der Waals surface area contributed by atoms with Crippen molar-refractivity contribution in [2.75, 3.05) is 13.2 Å². The largest absolute Gasteiger partial charge is 0.467 e. The molecule has 0 atom stereocenters. The molecule has 150 valence electrons. The van der Waals surface area contributed by atoms with E-state index in [-0.39, 0.29) is 31.3 Å². The van der Waals surface area contributed by atoms with E-state index in [0.29, 0.717) is 18.9 Å². The molecule has 0 aliphatic rings. The van der Waals surface area contributed by atoms with E-state index in [2.05, 4.69) is 0 Å². The first-order valence-electron chi connectivity index (χ1n) is 9.59. The van der Waals surface area contributed by atoms with Crippen molar-refractivity contribution in [1.29, 1.82) is 5.41 Å². The quantitative estimate of drug-likeness (QED) is 0.441. The molecule has 3 rings (SSSR count). The van der Waals surface area contributed by atoms with Gasteiger partial charge in [0, 0.05) is 12.8 Å². The van der Waals surface area contributed by atoms with Crippen molar-refractivity contribution >= 4 is 28.9 Å². The van der Waals surface area contributed by atoms with Gasteiger partial charge in [0.2, 0.25) is 5.91 Å². The molecule has 6 nitrogen and oxygen atoms in total. The minimum atomic E-state index is -0.328. The van der Waals surface area contributed by atoms with Crippen molar-refractivity contribution in [3.8, 4) is 0 Å². The van der Waals surface area contributed by atoms with Gasteiger partial charge in [0.1, 0.15) is 5.76 Å². The van der Waals surface area contributed by atoms with Gasteiger partial charge in [-0.1, -0.05) is 36.4 Å². The lowest BCUT2D eigenvalue weighted by Crippen LogP contribution is -2.34. The number of ether oxygens (including phenoxy) is 1. The van der Waals surface area contributed by atoms with Gasteiger partial charge in [-0.05, 0) is 41.0 Å². The maximum absolute atomic E-state index is 13.1. The van der Waals surface area contributed by atoms with E-state index < -0.39 is 0 Å². The van der Waals surface area contributed by atoms with Crippen molar-refractivity contribution in [2.24, 2.45) is 0 Å². The van der Waals surface area contributed by atoms with Crippen LogP contribution in [-0.4, -0.2) is 36.1 Å². The lowest BCUT2D eigenvalue weighted by molar-refractivity contribution is -0.144. The summed E-state index contributed by atoms with van der Waals surface area (Å²) in [6.07, 6.45) is 3.21. The topological polar surface area (TPSA) is 83.6 Å². The van der Waals surface area contributed by atoms with Crippen LogP contribution in [0.25, 0.3) is 10.8 Å². The normalized spacial score (nSPS) is 10.7. The zero-order chi connectivity index (χ0) is 20.6. The Labute approximate surface area is 169 Å². The van der Waals surface area contributed by atoms with Crippen LogP contribution in [0.1, 0.15) is 30.2 Å². The number of furan rings is 1. The van der Waals surface area contributed by atoms with Crippen LogP contribution < -0.4 is 0 Å². The fourth-order valence-corrected chi connectivity index (χ4v) is 3.28. The summed E-state index contributed by atoms with van der Waals surface area (Å²) in [4.78, 5) is 26.5. The van der Waals surface area contributed by atoms with Gasteiger partial charge in [-0.3, -0.25) is 9.59 Å². The Morgan fingerprint density at radius 1 is 1.10 bits per heavy atom. The van der Waals surface area contributed by atoms with Crippen LogP contribution >= 0.6 is 0 Å². The van der Waals surface area contributed by atoms with Gasteiger partial charge in [0.15, 0.2) is 0 Å². The van der Waals surface area contributed by atoms with Gasteiger partial charge in [0.05, 0.1) is 32.3 Å². The van der Waals surface area contributed by atoms with E-state index >= 15 is 0 Å². The predicted octanol–water partition coefficient (Wildman–Crippen LogP) is 3.95. The minimum absolute atomic E-state index is 0.0987. The molecular formula is C23H24N2O4. The average Bonchev–Trinajstić information content (AvgIpc) is 3.24. The maximum atomic E-state index is 13.1. The summed E-state index contributed by atoms with van der Waals surface area (Å²) in [5.41, 5.74) is 1.70. The second-order valence-corrected chi connectivity index (χ2v) is 6.63. The Morgan fingerprint density at radius 2 is 1.90 bits per heavy atom. The number of esters is 1. The first-order chi connectivity index (χ1) is 14.1. The van der Waals surface area contributed by atoms with Gasteiger partial charge in [-0.25, -0.2) is 0 Å². The van der Waals surface area contributed by atoms with E-state index in [4.69, 9.17) is 14.6 Å². The van der Waals surface area contributed by atoms with Crippen molar-refractivity contribution in [3.63, 3.8) is 0 Å². The molecule has 1 heterocycles. The maximum Gasteiger partial charge on any atom is 0.307 e. The summed E-state index contributed by atoms with van der Waals surface area (Å²) in [5, 5.41) is 9.48. The van der Waals surface area contributed by atoms with Crippen molar-refractivity contribution in [2.45, 2.75) is 26.3 Å². The highest BCUT2D eigenvalue weighted by atomic mass is 16.5. The molecular weight excluding hydrogens is 368 g/mol. The minimum Gasteiger partial charge on any atom is -0.467 e. The highest BCUT2D eigenvalue weighted by Gasteiger charge is 2.19. The summed E-state index contributed by atoms with van der Waals surface area (Å²) in [6.45, 7) is 2.62. The van der Waals surface area contributed by atoms with Gasteiger partial charge < -0.3 is 19.5 Å². The molecule has 1 N–H and O–H groups in total. The fraction of sp³-hybridized carbons (Fsp3) is 0.261. The summed E-state index contributed by atoms with van der Waals surface area (Å²) in [5.74, 6) is 0.232. The molecule has 0 fully saturated rings. The van der Waals surface area contributed by atoms with Gasteiger partial charge in [-0.2, -0.15) is 0 Å². The first-order valence-corrected chi connectivity index (χ1v) is 9.59. The van der Waals surface area contributed by atoms with Crippen molar-refractivity contribution < 1.29 is 18.7 Å². The summed E-state index contributed by atoms with van der Waals surface area (Å²) in [7, 11) is 0. The molecule has 0 saturated carbocycles. The zero-order valence-corrected chi connectivity index (χ0v) is 16.4. The molecule has 0 spiro atoms. The molecule has 29 heavy (non-hydrogen) atoms. The number of rotatable bonds is 9. The van der Waals surface area contributed by atoms with Crippen LogP contribution in [0.5, 0.6) is 0 Å². The number of nitrogens with zero attached hydrogens (tertiary/aromatic N) is 1. The molecule has 6 heteroatoms. The lowest BCUT2D eigenvalue weighted by Gasteiger charge is -2.22. The molecule has 0 aliphatic carbocycles. The molecule has 0 aliphatic heterocycles. The highest BCUT2D eigenvalue weighted by Crippen LogP contribution is 2.23. The molecule has 3 aromatic rings. The number of benzene rings is 2. The van der Waals surface area contributed by atoms with Crippen LogP contribution in [0.2, 0.25) is 0 Å². The Bertz CT molecular complexity index is 995. The molecule has 0 saturated heterocycles. The smallest absolute Gasteiger partial charge is 0.307 e. The Kier molecular flexibility index (Phi) is 6.79. The number of hydrogen-bond donors (Lipinski definition) is 1. The third-order valence-corrected chi connectivity index (χ3v) is 4.72. The van der Waals surface area contributed by atoms with Crippen molar-refractivity contribution in [3.05, 3.63) is 71.7 Å². The van der Waals surface area contributed by atoms with Gasteiger partial charge >= 0.3 is 5.97 Å². The molecule has 0 unspecified atom stereocenters. The summed E-state index contributed by atoms with van der Waals surface area (Å²) >= 11 is 0. The summed E-state index contributed by atoms with van der Waals surface area (Å²) < 4.78 is 10.4. The second kappa shape index (κ2) is 9.68. The molecule has 1 aromatic heterocycles. The Morgan fingerprint density at radius 3 is 2.59 bits per heavy atom. The SMILES string of the molecule is CCOC(=O)CCN(Cc1ccco1)C(=O)Cc1ccc(C=N)c2ccccc12. The van der Waals surface area contributed by atoms with E-state index in [1.54, 1.807) is 30.2 Å². The number of hydrogen-bond acceptors (Lipinski definition) is 5. The number of carbonyl (C=O) groups is 2. The predicted molar refractivity (Wildman–Crippen MR) is 111 cm³/mol. The second-order valence-electron chi connectivity index (χ2n) is 6.63. The Hall–Kier alpha value is -3.41. The number of nitrogens with one attached hydrogen (secondary N) is 1. The van der Waals surface area contributed by atoms with E-state index in [0.717, 1.165) is 21.9 Å². The Balaban J connectivity index is 1.81. The molecule has 0 bridgehead atoms. The lowest BCUT2D eigenvalue weighted by atomic mass is 9.98. The molecule has 2 aromatic carbocycles. The van der Waals surface area contributed by atoms with Crippen LogP contribution in [-0.2, 0) is 27.3 Å². The zero-order valence-electron chi connectivity index (χ0n) is 16.4. The third kappa shape index (κ3) is 5.10. The molecule has 1 amide bonds. The number of carbonyl (C=O) groups excluding carboxylic acids is 2. The van der Waals surface area contributed by atoms with Crippen molar-refractivity contribution in [1.82, 2.24) is 4.90 Å². The van der Waals surface area contributed by atoms with E-state index in [1.807, 2.05) is 36.4 Å². The standard InChI is InChI=1S/C23H24N2O4/c1-2-28-23(27)11-12-25(16-19-6-5-13-29-19)22(26)14-17-9-10-18(15-24)21-8-4-3-7-20(17)21/h3-10,13,15,24H,2,11-12,14,16H2,1H3. The molecule has 0 radical (unpaired) electrons. The van der Waals surface area contributed by atoms with Crippen LogP contribution in [0.15, 0.2) is 59.2 Å². The number of fused-ring (bicyclic) bond motifs is 1. The monoisotopic (exact) mass is 392 g/mol. The van der Waals surface area contributed by atoms with E-state index in [1.165, 1.54) is 6.21 Å².